The topological polar surface area (TPSA) is 53.4 Å². The summed E-state index contributed by atoms with van der Waals surface area (Å²) >= 11 is 0. The third-order valence-electron chi connectivity index (χ3n) is 4.46. The van der Waals surface area contributed by atoms with Crippen LogP contribution < -0.4 is 0 Å². The summed E-state index contributed by atoms with van der Waals surface area (Å²) in [7, 11) is 0. The summed E-state index contributed by atoms with van der Waals surface area (Å²) in [4.78, 5) is 4.09. The Hall–Kier alpha value is -2.59. The number of fused-ring (bicyclic) bond motifs is 1. The maximum absolute atomic E-state index is 9.73. The number of nitrogens with zero attached hydrogens (tertiary/aromatic N) is 1. The van der Waals surface area contributed by atoms with Crippen molar-refractivity contribution in [2.24, 2.45) is 0 Å². The molecule has 3 aromatic rings. The molecule has 3 nitrogen and oxygen atoms in total. The number of phenols is 2. The highest BCUT2D eigenvalue weighted by Crippen LogP contribution is 2.36. The van der Waals surface area contributed by atoms with Crippen molar-refractivity contribution in [3.05, 3.63) is 83.7 Å². The predicted molar refractivity (Wildman–Crippen MR) is 105 cm³/mol. The first kappa shape index (κ1) is 17.2. The molecular weight excluding hydrogens is 378 g/mol. The summed E-state index contributed by atoms with van der Waals surface area (Å²) in [5.41, 5.74) is 6.92. The molecule has 126 valence electrons. The van der Waals surface area contributed by atoms with Crippen LogP contribution in [0.1, 0.15) is 23.1 Å². The van der Waals surface area contributed by atoms with Gasteiger partial charge in [-0.05, 0) is 70.5 Å². The highest BCUT2D eigenvalue weighted by Gasteiger charge is 2.15. The molecule has 4 rings (SSSR count). The normalized spacial score (nSPS) is 12.7. The fraction of sp³-hybridized carbons (Fsp3) is 0.0952. The van der Waals surface area contributed by atoms with Crippen molar-refractivity contribution in [3.8, 4) is 22.6 Å². The Morgan fingerprint density at radius 1 is 0.760 bits per heavy atom. The van der Waals surface area contributed by atoms with Gasteiger partial charge in [0.1, 0.15) is 0 Å². The molecule has 0 unspecified atom stereocenters. The number of allylic oxidation sites excluding steroid dienone is 1. The molecule has 0 saturated carbocycles. The lowest BCUT2D eigenvalue weighted by Gasteiger charge is -2.19. The molecule has 0 radical (unpaired) electrons. The maximum atomic E-state index is 9.73. The van der Waals surface area contributed by atoms with Gasteiger partial charge in [-0.15, -0.1) is 17.0 Å². The summed E-state index contributed by atoms with van der Waals surface area (Å²) in [6.07, 6.45) is 7.93. The number of hydrogen-bond acceptors (Lipinski definition) is 3. The summed E-state index contributed by atoms with van der Waals surface area (Å²) in [6, 6.07) is 15.4. The molecule has 0 fully saturated rings. The highest BCUT2D eigenvalue weighted by molar-refractivity contribution is 8.93. The molecule has 25 heavy (non-hydrogen) atoms. The molecule has 1 aliphatic carbocycles. The second kappa shape index (κ2) is 7.11. The molecule has 2 N–H and O–H groups in total. The van der Waals surface area contributed by atoms with Gasteiger partial charge >= 0.3 is 0 Å². The Morgan fingerprint density at radius 3 is 2.24 bits per heavy atom. The van der Waals surface area contributed by atoms with Crippen molar-refractivity contribution >= 4 is 22.6 Å². The lowest BCUT2D eigenvalue weighted by Crippen LogP contribution is -2.01. The van der Waals surface area contributed by atoms with E-state index in [1.165, 1.54) is 28.3 Å². The summed E-state index contributed by atoms with van der Waals surface area (Å²) in [5, 5.41) is 19.2. The quantitative estimate of drug-likeness (QED) is 0.592. The molecule has 0 aliphatic heterocycles. The Morgan fingerprint density at radius 2 is 1.48 bits per heavy atom. The van der Waals surface area contributed by atoms with E-state index in [2.05, 4.69) is 29.3 Å². The van der Waals surface area contributed by atoms with Gasteiger partial charge in [0.05, 0.1) is 0 Å². The SMILES string of the molecule is Br.Oc1ccc(-c2ccc3c(c2)CCC=C3c2ccncc2)cc1O. The van der Waals surface area contributed by atoms with E-state index in [1.54, 1.807) is 6.07 Å². The fourth-order valence-corrected chi connectivity index (χ4v) is 3.23. The lowest BCUT2D eigenvalue weighted by molar-refractivity contribution is 0.404. The zero-order chi connectivity index (χ0) is 16.5. The maximum Gasteiger partial charge on any atom is 0.158 e. The lowest BCUT2D eigenvalue weighted by atomic mass is 9.85. The number of benzene rings is 2. The van der Waals surface area contributed by atoms with E-state index in [0.29, 0.717) is 0 Å². The van der Waals surface area contributed by atoms with Crippen molar-refractivity contribution in [2.45, 2.75) is 12.8 Å². The van der Waals surface area contributed by atoms with Crippen LogP contribution in [-0.4, -0.2) is 15.2 Å². The van der Waals surface area contributed by atoms with Crippen molar-refractivity contribution in [3.63, 3.8) is 0 Å². The van der Waals surface area contributed by atoms with Crippen molar-refractivity contribution in [1.82, 2.24) is 4.98 Å². The highest BCUT2D eigenvalue weighted by atomic mass is 79.9. The molecular formula is C21H18BrNO2. The fourth-order valence-electron chi connectivity index (χ4n) is 3.23. The zero-order valence-corrected chi connectivity index (χ0v) is 15.2. The van der Waals surface area contributed by atoms with Crippen LogP contribution in [-0.2, 0) is 6.42 Å². The Balaban J connectivity index is 0.00000182. The second-order valence-corrected chi connectivity index (χ2v) is 5.97. The van der Waals surface area contributed by atoms with E-state index in [9.17, 15) is 10.2 Å². The summed E-state index contributed by atoms with van der Waals surface area (Å²) in [6.45, 7) is 0. The van der Waals surface area contributed by atoms with Crippen LogP contribution in [0.15, 0.2) is 67.0 Å². The van der Waals surface area contributed by atoms with E-state index in [0.717, 1.165) is 24.0 Å². The Kier molecular flexibility index (Phi) is 4.91. The van der Waals surface area contributed by atoms with E-state index in [1.807, 2.05) is 30.6 Å². The number of hydrogen-bond donors (Lipinski definition) is 2. The molecule has 0 amide bonds. The minimum atomic E-state index is -0.0976. The largest absolute Gasteiger partial charge is 0.504 e. The standard InChI is InChI=1S/C21H17NO2.BrH/c23-20-7-5-16(13-21(20)24)15-4-6-19-17(12-15)2-1-3-18(19)14-8-10-22-11-9-14;/h3-13,23-24H,1-2H2;1H. The van der Waals surface area contributed by atoms with Crippen LogP contribution >= 0.6 is 17.0 Å². The first-order valence-corrected chi connectivity index (χ1v) is 7.98. The average Bonchev–Trinajstić information content (AvgIpc) is 2.64. The van der Waals surface area contributed by atoms with E-state index >= 15 is 0 Å². The predicted octanol–water partition coefficient (Wildman–Crippen LogP) is 5.12. The molecule has 0 bridgehead atoms. The van der Waals surface area contributed by atoms with Crippen molar-refractivity contribution in [1.29, 1.82) is 0 Å². The van der Waals surface area contributed by atoms with Crippen LogP contribution in [0.5, 0.6) is 11.5 Å². The number of rotatable bonds is 2. The minimum absolute atomic E-state index is 0. The Labute approximate surface area is 157 Å². The Bertz CT molecular complexity index is 936. The summed E-state index contributed by atoms with van der Waals surface area (Å²) in [5.74, 6) is -0.192. The van der Waals surface area contributed by atoms with E-state index < -0.39 is 0 Å². The van der Waals surface area contributed by atoms with Crippen molar-refractivity contribution in [2.75, 3.05) is 0 Å². The molecule has 0 spiro atoms. The van der Waals surface area contributed by atoms with Gasteiger partial charge in [0.25, 0.3) is 0 Å². The zero-order valence-electron chi connectivity index (χ0n) is 13.5. The van der Waals surface area contributed by atoms with Crippen molar-refractivity contribution < 1.29 is 10.2 Å². The van der Waals surface area contributed by atoms with Crippen LogP contribution in [0.4, 0.5) is 0 Å². The monoisotopic (exact) mass is 395 g/mol. The second-order valence-electron chi connectivity index (χ2n) is 5.97. The van der Waals surface area contributed by atoms with Gasteiger partial charge in [-0.3, -0.25) is 4.98 Å². The first-order valence-electron chi connectivity index (χ1n) is 7.98. The van der Waals surface area contributed by atoms with Crippen LogP contribution in [0.2, 0.25) is 0 Å². The molecule has 1 heterocycles. The summed E-state index contributed by atoms with van der Waals surface area (Å²) < 4.78 is 0. The van der Waals surface area contributed by atoms with Gasteiger partial charge in [-0.25, -0.2) is 0 Å². The molecule has 2 aromatic carbocycles. The molecule has 1 aromatic heterocycles. The number of pyridine rings is 1. The van der Waals surface area contributed by atoms with Gasteiger partial charge < -0.3 is 10.2 Å². The van der Waals surface area contributed by atoms with Crippen LogP contribution in [0.25, 0.3) is 16.7 Å². The minimum Gasteiger partial charge on any atom is -0.504 e. The van der Waals surface area contributed by atoms with Gasteiger partial charge in [0.15, 0.2) is 11.5 Å². The number of aryl methyl sites for hydroxylation is 1. The number of phenolic OH excluding ortho intramolecular Hbond substituents is 2. The third-order valence-corrected chi connectivity index (χ3v) is 4.46. The van der Waals surface area contributed by atoms with Gasteiger partial charge in [-0.1, -0.05) is 30.3 Å². The van der Waals surface area contributed by atoms with Gasteiger partial charge in [0.2, 0.25) is 0 Å². The molecule has 1 aliphatic rings. The average molecular weight is 396 g/mol. The van der Waals surface area contributed by atoms with Gasteiger partial charge in [0, 0.05) is 12.4 Å². The molecule has 4 heteroatoms. The molecule has 0 saturated heterocycles. The number of aromatic hydroxyl groups is 2. The first-order chi connectivity index (χ1) is 11.7. The van der Waals surface area contributed by atoms with Crippen LogP contribution in [0, 0.1) is 0 Å². The van der Waals surface area contributed by atoms with E-state index in [4.69, 9.17) is 0 Å². The smallest absolute Gasteiger partial charge is 0.158 e. The van der Waals surface area contributed by atoms with E-state index in [-0.39, 0.29) is 28.5 Å². The van der Waals surface area contributed by atoms with Crippen LogP contribution in [0.3, 0.4) is 0 Å². The molecule has 0 atom stereocenters. The third kappa shape index (κ3) is 3.30. The number of halogens is 1. The number of aromatic nitrogens is 1. The van der Waals surface area contributed by atoms with Gasteiger partial charge in [-0.2, -0.15) is 0 Å².